The Morgan fingerprint density at radius 2 is 1.96 bits per heavy atom. The number of benzene rings is 1. The summed E-state index contributed by atoms with van der Waals surface area (Å²) in [6.07, 6.45) is 6.62. The van der Waals surface area contributed by atoms with Crippen LogP contribution in [0, 0.1) is 0 Å². The number of anilines is 2. The van der Waals surface area contributed by atoms with Crippen molar-refractivity contribution in [1.29, 1.82) is 0 Å². The summed E-state index contributed by atoms with van der Waals surface area (Å²) >= 11 is 0. The second kappa shape index (κ2) is 7.96. The van der Waals surface area contributed by atoms with Crippen molar-refractivity contribution < 1.29 is 9.21 Å². The third kappa shape index (κ3) is 4.81. The van der Waals surface area contributed by atoms with Crippen molar-refractivity contribution in [2.75, 3.05) is 10.6 Å². The Balaban J connectivity index is 1.50. The van der Waals surface area contributed by atoms with E-state index in [1.54, 1.807) is 37.0 Å². The van der Waals surface area contributed by atoms with Crippen LogP contribution in [0.3, 0.4) is 0 Å². The van der Waals surface area contributed by atoms with Crippen LogP contribution in [0.4, 0.5) is 16.2 Å². The number of urea groups is 1. The van der Waals surface area contributed by atoms with Gasteiger partial charge in [0.05, 0.1) is 30.7 Å². The van der Waals surface area contributed by atoms with Crippen LogP contribution in [0.1, 0.15) is 24.4 Å². The number of nitrogens with zero attached hydrogens (tertiary/aromatic N) is 2. The number of amides is 2. The molecule has 25 heavy (non-hydrogen) atoms. The lowest BCUT2D eigenvalue weighted by Crippen LogP contribution is -2.27. The average Bonchev–Trinajstić information content (AvgIpc) is 3.16. The minimum atomic E-state index is -0.287. The lowest BCUT2D eigenvalue weighted by Gasteiger charge is -2.14. The van der Waals surface area contributed by atoms with Crippen LogP contribution in [-0.4, -0.2) is 16.0 Å². The first-order chi connectivity index (χ1) is 12.2. The Bertz CT molecular complexity index is 788. The Hall–Kier alpha value is -3.35. The van der Waals surface area contributed by atoms with E-state index in [-0.39, 0.29) is 12.1 Å². The highest BCUT2D eigenvalue weighted by Gasteiger charge is 2.07. The summed E-state index contributed by atoms with van der Waals surface area (Å²) in [6.45, 7) is 2.35. The molecule has 3 N–H and O–H groups in total. The van der Waals surface area contributed by atoms with Gasteiger partial charge < -0.3 is 20.4 Å². The van der Waals surface area contributed by atoms with Gasteiger partial charge in [0.25, 0.3) is 0 Å². The zero-order chi connectivity index (χ0) is 17.5. The fourth-order valence-electron chi connectivity index (χ4n) is 2.26. The molecule has 3 rings (SSSR count). The molecule has 0 spiro atoms. The topological polar surface area (TPSA) is 92.1 Å². The predicted molar refractivity (Wildman–Crippen MR) is 95.1 cm³/mol. The molecule has 128 valence electrons. The van der Waals surface area contributed by atoms with E-state index in [1.807, 2.05) is 31.2 Å². The monoisotopic (exact) mass is 337 g/mol. The van der Waals surface area contributed by atoms with Crippen LogP contribution in [0.15, 0.2) is 65.7 Å². The first-order valence-electron chi connectivity index (χ1n) is 7.90. The van der Waals surface area contributed by atoms with Crippen molar-refractivity contribution in [1.82, 2.24) is 15.3 Å². The highest BCUT2D eigenvalue weighted by Crippen LogP contribution is 2.19. The summed E-state index contributed by atoms with van der Waals surface area (Å²) in [7, 11) is 0. The van der Waals surface area contributed by atoms with Crippen molar-refractivity contribution >= 4 is 17.4 Å². The Morgan fingerprint density at radius 3 is 2.64 bits per heavy atom. The quantitative estimate of drug-likeness (QED) is 0.639. The number of nitrogens with one attached hydrogen (secondary N) is 3. The number of rotatable bonds is 6. The number of carbonyl (C=O) groups excluding carboxylic acids is 1. The van der Waals surface area contributed by atoms with Gasteiger partial charge in [-0.25, -0.2) is 4.79 Å². The van der Waals surface area contributed by atoms with Crippen LogP contribution in [0.5, 0.6) is 0 Å². The van der Waals surface area contributed by atoms with Gasteiger partial charge in [-0.1, -0.05) is 0 Å². The molecule has 2 amide bonds. The maximum atomic E-state index is 11.9. The van der Waals surface area contributed by atoms with Gasteiger partial charge in [0.15, 0.2) is 0 Å². The number of carbonyl (C=O) groups is 1. The van der Waals surface area contributed by atoms with E-state index in [0.29, 0.717) is 18.0 Å². The van der Waals surface area contributed by atoms with Gasteiger partial charge in [-0.3, -0.25) is 9.97 Å². The zero-order valence-corrected chi connectivity index (χ0v) is 13.8. The maximum Gasteiger partial charge on any atom is 0.319 e. The first-order valence-corrected chi connectivity index (χ1v) is 7.90. The summed E-state index contributed by atoms with van der Waals surface area (Å²) in [6, 6.07) is 10.8. The van der Waals surface area contributed by atoms with Gasteiger partial charge in [-0.05, 0) is 43.3 Å². The molecular formula is C18H19N5O2. The standard InChI is InChI=1S/C18H19N5O2/c1-13(17-12-19-8-9-20-17)22-14-4-6-15(7-5-14)23-18(24)21-11-16-3-2-10-25-16/h2-10,12-13,22H,11H2,1H3,(H2,21,23,24). The molecule has 0 aliphatic heterocycles. The highest BCUT2D eigenvalue weighted by molar-refractivity contribution is 5.89. The van der Waals surface area contributed by atoms with E-state index < -0.39 is 0 Å². The van der Waals surface area contributed by atoms with Crippen LogP contribution in [0.2, 0.25) is 0 Å². The number of hydrogen-bond donors (Lipinski definition) is 3. The number of hydrogen-bond acceptors (Lipinski definition) is 5. The molecule has 7 heteroatoms. The molecule has 7 nitrogen and oxygen atoms in total. The molecule has 0 saturated carbocycles. The van der Waals surface area contributed by atoms with Gasteiger partial charge in [-0.15, -0.1) is 0 Å². The molecule has 0 saturated heterocycles. The average molecular weight is 337 g/mol. The number of furan rings is 1. The summed E-state index contributed by atoms with van der Waals surface area (Å²) in [4.78, 5) is 20.2. The van der Waals surface area contributed by atoms with Crippen LogP contribution in [-0.2, 0) is 6.54 Å². The number of aromatic nitrogens is 2. The molecule has 2 aromatic heterocycles. The molecule has 1 aromatic carbocycles. The van der Waals surface area contributed by atoms with Gasteiger partial charge in [-0.2, -0.15) is 0 Å². The Morgan fingerprint density at radius 1 is 1.16 bits per heavy atom. The third-order valence-electron chi connectivity index (χ3n) is 3.56. The summed E-state index contributed by atoms with van der Waals surface area (Å²) in [5.74, 6) is 0.702. The van der Waals surface area contributed by atoms with Crippen LogP contribution < -0.4 is 16.0 Å². The van der Waals surface area contributed by atoms with Gasteiger partial charge in [0, 0.05) is 23.8 Å². The molecular weight excluding hydrogens is 318 g/mol. The van der Waals surface area contributed by atoms with E-state index in [2.05, 4.69) is 25.9 Å². The summed E-state index contributed by atoms with van der Waals surface area (Å²) in [5.41, 5.74) is 2.50. The Labute approximate surface area is 145 Å². The lowest BCUT2D eigenvalue weighted by molar-refractivity contribution is 0.251. The third-order valence-corrected chi connectivity index (χ3v) is 3.56. The molecule has 2 heterocycles. The van der Waals surface area contributed by atoms with Crippen molar-refractivity contribution in [2.45, 2.75) is 19.5 Å². The fourth-order valence-corrected chi connectivity index (χ4v) is 2.26. The molecule has 0 fully saturated rings. The zero-order valence-electron chi connectivity index (χ0n) is 13.8. The van der Waals surface area contributed by atoms with E-state index in [4.69, 9.17) is 4.42 Å². The van der Waals surface area contributed by atoms with Crippen LogP contribution in [0.25, 0.3) is 0 Å². The largest absolute Gasteiger partial charge is 0.467 e. The van der Waals surface area contributed by atoms with E-state index in [1.165, 1.54) is 0 Å². The maximum absolute atomic E-state index is 11.9. The molecule has 1 unspecified atom stereocenters. The van der Waals surface area contributed by atoms with Gasteiger partial charge in [0.1, 0.15) is 5.76 Å². The Kier molecular flexibility index (Phi) is 5.26. The molecule has 0 aliphatic rings. The van der Waals surface area contributed by atoms with E-state index in [0.717, 1.165) is 11.4 Å². The molecule has 0 bridgehead atoms. The fraction of sp³-hybridized carbons (Fsp3) is 0.167. The minimum absolute atomic E-state index is 0.0316. The highest BCUT2D eigenvalue weighted by atomic mass is 16.3. The van der Waals surface area contributed by atoms with Crippen molar-refractivity contribution in [3.8, 4) is 0 Å². The molecule has 1 atom stereocenters. The van der Waals surface area contributed by atoms with Crippen molar-refractivity contribution in [3.63, 3.8) is 0 Å². The summed E-state index contributed by atoms with van der Waals surface area (Å²) < 4.78 is 5.16. The summed E-state index contributed by atoms with van der Waals surface area (Å²) in [5, 5.41) is 8.84. The van der Waals surface area contributed by atoms with Gasteiger partial charge >= 0.3 is 6.03 Å². The second-order valence-corrected chi connectivity index (χ2v) is 5.46. The van der Waals surface area contributed by atoms with Crippen molar-refractivity contribution in [3.05, 3.63) is 72.7 Å². The lowest BCUT2D eigenvalue weighted by atomic mass is 10.2. The minimum Gasteiger partial charge on any atom is -0.467 e. The second-order valence-electron chi connectivity index (χ2n) is 5.46. The molecule has 0 radical (unpaired) electrons. The predicted octanol–water partition coefficient (Wildman–Crippen LogP) is 3.56. The van der Waals surface area contributed by atoms with Gasteiger partial charge in [0.2, 0.25) is 0 Å². The SMILES string of the molecule is CC(Nc1ccc(NC(=O)NCc2ccco2)cc1)c1cnccn1. The first kappa shape index (κ1) is 16.5. The van der Waals surface area contributed by atoms with E-state index >= 15 is 0 Å². The molecule has 0 aliphatic carbocycles. The molecule has 3 aromatic rings. The van der Waals surface area contributed by atoms with E-state index in [9.17, 15) is 4.79 Å². The van der Waals surface area contributed by atoms with Crippen LogP contribution >= 0.6 is 0 Å². The van der Waals surface area contributed by atoms with Crippen molar-refractivity contribution in [2.24, 2.45) is 0 Å². The smallest absolute Gasteiger partial charge is 0.319 e. The normalized spacial score (nSPS) is 11.6.